The molecule has 0 atom stereocenters. The van der Waals surface area contributed by atoms with E-state index in [9.17, 15) is 10.2 Å². The maximum atomic E-state index is 9.40. The van der Waals surface area contributed by atoms with Crippen molar-refractivity contribution in [3.8, 4) is 0 Å². The summed E-state index contributed by atoms with van der Waals surface area (Å²) in [5.74, 6) is 0.896. The van der Waals surface area contributed by atoms with Gasteiger partial charge < -0.3 is 10.2 Å². The third-order valence-electron chi connectivity index (χ3n) is 2.93. The molecular weight excluding hydrogens is 180 g/mol. The van der Waals surface area contributed by atoms with Crippen molar-refractivity contribution < 1.29 is 10.2 Å². The van der Waals surface area contributed by atoms with Crippen LogP contribution in [0.2, 0.25) is 0 Å². The quantitative estimate of drug-likeness (QED) is 0.714. The first-order valence-corrected chi connectivity index (χ1v) is 4.83. The predicted octanol–water partition coefficient (Wildman–Crippen LogP) is 0.109. The lowest BCUT2D eigenvalue weighted by Gasteiger charge is -2.27. The summed E-state index contributed by atoms with van der Waals surface area (Å²) in [7, 11) is 0. The topological polar surface area (TPSA) is 66.2 Å². The van der Waals surface area contributed by atoms with E-state index in [0.29, 0.717) is 11.7 Å². The monoisotopic (exact) mass is 194 g/mol. The van der Waals surface area contributed by atoms with Gasteiger partial charge in [0.2, 0.25) is 0 Å². The molecule has 1 aromatic heterocycles. The van der Waals surface area contributed by atoms with E-state index in [2.05, 4.69) is 9.97 Å². The van der Waals surface area contributed by atoms with Gasteiger partial charge in [0.1, 0.15) is 5.82 Å². The van der Waals surface area contributed by atoms with Crippen LogP contribution in [-0.2, 0) is 5.41 Å². The van der Waals surface area contributed by atoms with Crippen molar-refractivity contribution >= 4 is 0 Å². The summed E-state index contributed by atoms with van der Waals surface area (Å²) in [5, 5.41) is 18.8. The maximum absolute atomic E-state index is 9.40. The molecule has 0 bridgehead atoms. The highest BCUT2D eigenvalue weighted by atomic mass is 16.3. The largest absolute Gasteiger partial charge is 0.395 e. The lowest BCUT2D eigenvalue weighted by molar-refractivity contribution is 0.0930. The van der Waals surface area contributed by atoms with Crippen LogP contribution in [0, 0.1) is 5.92 Å². The Morgan fingerprint density at radius 2 is 1.79 bits per heavy atom. The molecule has 4 nitrogen and oxygen atoms in total. The second-order valence-electron chi connectivity index (χ2n) is 3.82. The van der Waals surface area contributed by atoms with Gasteiger partial charge in [-0.2, -0.15) is 0 Å². The van der Waals surface area contributed by atoms with Crippen molar-refractivity contribution in [3.63, 3.8) is 0 Å². The average Bonchev–Trinajstić information content (AvgIpc) is 3.07. The fraction of sp³-hybridized carbons (Fsp3) is 0.600. The van der Waals surface area contributed by atoms with Crippen LogP contribution in [0.15, 0.2) is 18.5 Å². The highest BCUT2D eigenvalue weighted by molar-refractivity contribution is 5.14. The number of hydrogen-bond donors (Lipinski definition) is 2. The van der Waals surface area contributed by atoms with Crippen LogP contribution in [-0.4, -0.2) is 33.4 Å². The summed E-state index contributed by atoms with van der Waals surface area (Å²) in [6.45, 7) is -0.170. The van der Waals surface area contributed by atoms with Crippen LogP contribution in [0.1, 0.15) is 18.7 Å². The highest BCUT2D eigenvalue weighted by Gasteiger charge is 2.47. The van der Waals surface area contributed by atoms with Crippen molar-refractivity contribution in [1.82, 2.24) is 9.97 Å². The van der Waals surface area contributed by atoms with Gasteiger partial charge in [0.15, 0.2) is 0 Å². The minimum Gasteiger partial charge on any atom is -0.395 e. The minimum absolute atomic E-state index is 0.0851. The molecule has 14 heavy (non-hydrogen) atoms. The van der Waals surface area contributed by atoms with E-state index in [1.54, 1.807) is 18.5 Å². The van der Waals surface area contributed by atoms with E-state index in [1.807, 2.05) is 0 Å². The van der Waals surface area contributed by atoms with Crippen LogP contribution < -0.4 is 0 Å². The molecule has 76 valence electrons. The number of hydrogen-bond acceptors (Lipinski definition) is 4. The molecule has 2 N–H and O–H groups in total. The van der Waals surface area contributed by atoms with Crippen LogP contribution in [0.5, 0.6) is 0 Å². The Morgan fingerprint density at radius 3 is 2.21 bits per heavy atom. The molecule has 4 heteroatoms. The molecule has 0 amide bonds. The van der Waals surface area contributed by atoms with Crippen LogP contribution in [0.3, 0.4) is 0 Å². The second-order valence-corrected chi connectivity index (χ2v) is 3.82. The summed E-state index contributed by atoms with van der Waals surface area (Å²) in [5.41, 5.74) is -0.624. The number of aliphatic hydroxyl groups is 2. The van der Waals surface area contributed by atoms with Crippen LogP contribution >= 0.6 is 0 Å². The molecule has 0 radical (unpaired) electrons. The Bertz CT molecular complexity index is 294. The van der Waals surface area contributed by atoms with Crippen molar-refractivity contribution in [2.24, 2.45) is 5.92 Å². The molecule has 1 aromatic rings. The molecule has 0 unspecified atom stereocenters. The van der Waals surface area contributed by atoms with Crippen molar-refractivity contribution in [3.05, 3.63) is 24.3 Å². The second kappa shape index (κ2) is 3.63. The Morgan fingerprint density at radius 1 is 1.21 bits per heavy atom. The Kier molecular flexibility index (Phi) is 2.48. The number of aliphatic hydroxyl groups excluding tert-OH is 2. The Hall–Kier alpha value is -1.00. The summed E-state index contributed by atoms with van der Waals surface area (Å²) in [6, 6.07) is 1.73. The van der Waals surface area contributed by atoms with Gasteiger partial charge >= 0.3 is 0 Å². The third kappa shape index (κ3) is 1.40. The van der Waals surface area contributed by atoms with Crippen molar-refractivity contribution in [2.75, 3.05) is 13.2 Å². The van der Waals surface area contributed by atoms with Gasteiger partial charge in [0.05, 0.1) is 18.6 Å². The first-order chi connectivity index (χ1) is 6.83. The first-order valence-electron chi connectivity index (χ1n) is 4.83. The summed E-state index contributed by atoms with van der Waals surface area (Å²) >= 11 is 0. The van der Waals surface area contributed by atoms with E-state index in [1.165, 1.54) is 0 Å². The van der Waals surface area contributed by atoms with E-state index in [-0.39, 0.29) is 13.2 Å². The van der Waals surface area contributed by atoms with Crippen LogP contribution in [0.25, 0.3) is 0 Å². The molecule has 1 fully saturated rings. The minimum atomic E-state index is -0.624. The molecule has 1 heterocycles. The van der Waals surface area contributed by atoms with Gasteiger partial charge in [0, 0.05) is 12.4 Å². The molecule has 1 aliphatic rings. The normalized spacial score (nSPS) is 17.0. The molecule has 0 aromatic carbocycles. The summed E-state index contributed by atoms with van der Waals surface area (Å²) in [4.78, 5) is 8.25. The maximum Gasteiger partial charge on any atom is 0.139 e. The van der Waals surface area contributed by atoms with Gasteiger partial charge in [-0.05, 0) is 24.8 Å². The zero-order chi connectivity index (χ0) is 10.0. The van der Waals surface area contributed by atoms with Gasteiger partial charge in [-0.25, -0.2) is 9.97 Å². The van der Waals surface area contributed by atoms with Gasteiger partial charge in [-0.1, -0.05) is 0 Å². The lowest BCUT2D eigenvalue weighted by Crippen LogP contribution is -2.39. The van der Waals surface area contributed by atoms with E-state index >= 15 is 0 Å². The smallest absolute Gasteiger partial charge is 0.139 e. The Balaban J connectivity index is 2.34. The molecule has 0 spiro atoms. The molecule has 2 rings (SSSR count). The first kappa shape index (κ1) is 9.55. The predicted molar refractivity (Wildman–Crippen MR) is 50.6 cm³/mol. The molecule has 1 aliphatic carbocycles. The van der Waals surface area contributed by atoms with Gasteiger partial charge in [0.25, 0.3) is 0 Å². The molecule has 0 aliphatic heterocycles. The Labute approximate surface area is 82.6 Å². The standard InChI is InChI=1S/C10H14N2O2/c13-6-10(7-14,8-2-3-8)9-11-4-1-5-12-9/h1,4-5,8,13-14H,2-3,6-7H2. The fourth-order valence-electron chi connectivity index (χ4n) is 1.82. The fourth-order valence-corrected chi connectivity index (χ4v) is 1.82. The SMILES string of the molecule is OCC(CO)(c1ncccn1)C1CC1. The number of rotatable bonds is 4. The van der Waals surface area contributed by atoms with E-state index in [4.69, 9.17) is 0 Å². The third-order valence-corrected chi connectivity index (χ3v) is 2.93. The zero-order valence-electron chi connectivity index (χ0n) is 7.93. The molecule has 0 saturated heterocycles. The van der Waals surface area contributed by atoms with E-state index < -0.39 is 5.41 Å². The lowest BCUT2D eigenvalue weighted by atomic mass is 9.83. The van der Waals surface area contributed by atoms with Gasteiger partial charge in [-0.15, -0.1) is 0 Å². The van der Waals surface area contributed by atoms with E-state index in [0.717, 1.165) is 12.8 Å². The van der Waals surface area contributed by atoms with Crippen LogP contribution in [0.4, 0.5) is 0 Å². The number of aromatic nitrogens is 2. The number of nitrogens with zero attached hydrogens (tertiary/aromatic N) is 2. The average molecular weight is 194 g/mol. The molecule has 1 saturated carbocycles. The highest BCUT2D eigenvalue weighted by Crippen LogP contribution is 2.45. The van der Waals surface area contributed by atoms with Gasteiger partial charge in [-0.3, -0.25) is 0 Å². The van der Waals surface area contributed by atoms with Crippen molar-refractivity contribution in [1.29, 1.82) is 0 Å². The molecular formula is C10H14N2O2. The summed E-state index contributed by atoms with van der Waals surface area (Å²) < 4.78 is 0. The summed E-state index contributed by atoms with van der Waals surface area (Å²) in [6.07, 6.45) is 5.37. The van der Waals surface area contributed by atoms with Crippen molar-refractivity contribution in [2.45, 2.75) is 18.3 Å². The zero-order valence-corrected chi connectivity index (χ0v) is 7.93.